The normalized spacial score (nSPS) is 19.9. The molecule has 1 aromatic heterocycles. The van der Waals surface area contributed by atoms with Crippen molar-refractivity contribution in [2.45, 2.75) is 19.5 Å². The number of nitrogens with one attached hydrogen (secondary N) is 2. The van der Waals surface area contributed by atoms with Gasteiger partial charge in [0.05, 0.1) is 12.0 Å². The molecule has 0 bridgehead atoms. The third-order valence-corrected chi connectivity index (χ3v) is 4.81. The summed E-state index contributed by atoms with van der Waals surface area (Å²) in [4.78, 5) is 31.3. The number of rotatable bonds is 5. The Balaban J connectivity index is 1.72. The fourth-order valence-corrected chi connectivity index (χ4v) is 3.44. The number of hydrogen-bond acceptors (Lipinski definition) is 4. The van der Waals surface area contributed by atoms with Crippen LogP contribution in [0.2, 0.25) is 0 Å². The Labute approximate surface area is 153 Å². The van der Waals surface area contributed by atoms with E-state index in [0.717, 1.165) is 11.1 Å². The zero-order valence-electron chi connectivity index (χ0n) is 15.1. The molecule has 3 rings (SSSR count). The van der Waals surface area contributed by atoms with Crippen LogP contribution in [0.5, 0.6) is 0 Å². The average Bonchev–Trinajstić information content (AvgIpc) is 3.04. The highest BCUT2D eigenvalue weighted by atomic mass is 16.2. The van der Waals surface area contributed by atoms with Gasteiger partial charge in [-0.15, -0.1) is 0 Å². The van der Waals surface area contributed by atoms with Crippen molar-refractivity contribution in [3.8, 4) is 0 Å². The molecule has 1 fully saturated rings. The lowest BCUT2D eigenvalue weighted by atomic mass is 10.0. The molecule has 6 nitrogen and oxygen atoms in total. The van der Waals surface area contributed by atoms with Crippen molar-refractivity contribution < 1.29 is 9.59 Å². The number of aromatic nitrogens is 1. The van der Waals surface area contributed by atoms with E-state index < -0.39 is 0 Å². The van der Waals surface area contributed by atoms with Crippen molar-refractivity contribution in [1.29, 1.82) is 0 Å². The molecule has 0 radical (unpaired) electrons. The molecule has 0 aliphatic carbocycles. The molecule has 136 valence electrons. The molecule has 0 saturated carbocycles. The standard InChI is InChI=1S/C20H24N4O2/c1-14-6-3-4-8-16(14)20(26)23-18-13-24(12-17(18)19(25)21-2)11-15-7-5-9-22-10-15/h3-10,17-18H,11-13H2,1-2H3,(H,21,25)(H,23,26)/t17-,18-/m0/s1. The van der Waals surface area contributed by atoms with Gasteiger partial charge in [-0.2, -0.15) is 0 Å². The van der Waals surface area contributed by atoms with Gasteiger partial charge in [0.2, 0.25) is 5.91 Å². The van der Waals surface area contributed by atoms with Crippen LogP contribution in [0.25, 0.3) is 0 Å². The summed E-state index contributed by atoms with van der Waals surface area (Å²) >= 11 is 0. The van der Waals surface area contributed by atoms with Crippen LogP contribution in [0.3, 0.4) is 0 Å². The van der Waals surface area contributed by atoms with E-state index in [4.69, 9.17) is 0 Å². The lowest BCUT2D eigenvalue weighted by Gasteiger charge is -2.19. The maximum atomic E-state index is 12.7. The minimum Gasteiger partial charge on any atom is -0.359 e. The minimum absolute atomic E-state index is 0.0474. The summed E-state index contributed by atoms with van der Waals surface area (Å²) in [6.45, 7) is 3.85. The monoisotopic (exact) mass is 352 g/mol. The molecule has 2 atom stereocenters. The highest BCUT2D eigenvalue weighted by Gasteiger charge is 2.38. The van der Waals surface area contributed by atoms with Crippen molar-refractivity contribution in [2.75, 3.05) is 20.1 Å². The Morgan fingerprint density at radius 3 is 2.69 bits per heavy atom. The highest BCUT2D eigenvalue weighted by molar-refractivity contribution is 5.96. The molecule has 2 amide bonds. The number of amides is 2. The molecule has 2 heterocycles. The third-order valence-electron chi connectivity index (χ3n) is 4.81. The molecule has 26 heavy (non-hydrogen) atoms. The first-order chi connectivity index (χ1) is 12.6. The summed E-state index contributed by atoms with van der Waals surface area (Å²) in [6, 6.07) is 11.2. The van der Waals surface area contributed by atoms with Crippen molar-refractivity contribution in [3.05, 3.63) is 65.5 Å². The predicted octanol–water partition coefficient (Wildman–Crippen LogP) is 1.37. The lowest BCUT2D eigenvalue weighted by Crippen LogP contribution is -2.45. The fraction of sp³-hybridized carbons (Fsp3) is 0.350. The van der Waals surface area contributed by atoms with Gasteiger partial charge in [-0.05, 0) is 30.2 Å². The number of nitrogens with zero attached hydrogens (tertiary/aromatic N) is 2. The molecule has 0 spiro atoms. The zero-order chi connectivity index (χ0) is 18.5. The van der Waals surface area contributed by atoms with E-state index in [1.54, 1.807) is 13.2 Å². The third kappa shape index (κ3) is 4.08. The van der Waals surface area contributed by atoms with Crippen LogP contribution in [-0.4, -0.2) is 47.9 Å². The number of carbonyl (C=O) groups is 2. The summed E-state index contributed by atoms with van der Waals surface area (Å²) in [5, 5.41) is 5.78. The number of benzene rings is 1. The fourth-order valence-electron chi connectivity index (χ4n) is 3.44. The van der Waals surface area contributed by atoms with E-state index in [-0.39, 0.29) is 23.8 Å². The molecule has 0 unspecified atom stereocenters. The second-order valence-corrected chi connectivity index (χ2v) is 6.67. The maximum Gasteiger partial charge on any atom is 0.251 e. The number of hydrogen-bond donors (Lipinski definition) is 2. The van der Waals surface area contributed by atoms with Gasteiger partial charge in [-0.3, -0.25) is 19.5 Å². The highest BCUT2D eigenvalue weighted by Crippen LogP contribution is 2.20. The van der Waals surface area contributed by atoms with Crippen LogP contribution in [0, 0.1) is 12.8 Å². The SMILES string of the molecule is CNC(=O)[C@H]1CN(Cc2cccnc2)C[C@@H]1NC(=O)c1ccccc1C. The second-order valence-electron chi connectivity index (χ2n) is 6.67. The van der Waals surface area contributed by atoms with Crippen molar-refractivity contribution in [2.24, 2.45) is 5.92 Å². The first-order valence-electron chi connectivity index (χ1n) is 8.78. The Morgan fingerprint density at radius 1 is 1.19 bits per heavy atom. The van der Waals surface area contributed by atoms with Crippen LogP contribution < -0.4 is 10.6 Å². The Kier molecular flexibility index (Phi) is 5.63. The largest absolute Gasteiger partial charge is 0.359 e. The molecule has 1 aromatic carbocycles. The van der Waals surface area contributed by atoms with E-state index in [1.807, 2.05) is 49.5 Å². The van der Waals surface area contributed by atoms with E-state index in [0.29, 0.717) is 25.2 Å². The van der Waals surface area contributed by atoms with Gasteiger partial charge in [0.1, 0.15) is 0 Å². The average molecular weight is 352 g/mol. The topological polar surface area (TPSA) is 74.3 Å². The molecule has 6 heteroatoms. The first-order valence-corrected chi connectivity index (χ1v) is 8.78. The van der Waals surface area contributed by atoms with Gasteiger partial charge < -0.3 is 10.6 Å². The summed E-state index contributed by atoms with van der Waals surface area (Å²) in [5.74, 6) is -0.455. The molecule has 1 aliphatic heterocycles. The van der Waals surface area contributed by atoms with E-state index >= 15 is 0 Å². The summed E-state index contributed by atoms with van der Waals surface area (Å²) in [6.07, 6.45) is 3.57. The van der Waals surface area contributed by atoms with Gasteiger partial charge in [-0.25, -0.2) is 0 Å². The maximum absolute atomic E-state index is 12.7. The van der Waals surface area contributed by atoms with Gasteiger partial charge in [0.15, 0.2) is 0 Å². The predicted molar refractivity (Wildman–Crippen MR) is 99.5 cm³/mol. The number of aryl methyl sites for hydroxylation is 1. The van der Waals surface area contributed by atoms with Crippen LogP contribution in [0.1, 0.15) is 21.5 Å². The van der Waals surface area contributed by atoms with Gasteiger partial charge in [0, 0.05) is 44.6 Å². The first kappa shape index (κ1) is 18.1. The van der Waals surface area contributed by atoms with Gasteiger partial charge >= 0.3 is 0 Å². The van der Waals surface area contributed by atoms with E-state index in [1.165, 1.54) is 0 Å². The smallest absolute Gasteiger partial charge is 0.251 e. The number of likely N-dealkylation sites (tertiary alicyclic amines) is 1. The molecule has 2 aromatic rings. The van der Waals surface area contributed by atoms with Crippen LogP contribution in [0.15, 0.2) is 48.8 Å². The van der Waals surface area contributed by atoms with Crippen molar-refractivity contribution >= 4 is 11.8 Å². The number of pyridine rings is 1. The minimum atomic E-state index is -0.273. The summed E-state index contributed by atoms with van der Waals surface area (Å²) < 4.78 is 0. The Hall–Kier alpha value is -2.73. The van der Waals surface area contributed by atoms with E-state index in [9.17, 15) is 9.59 Å². The quantitative estimate of drug-likeness (QED) is 0.852. The van der Waals surface area contributed by atoms with Crippen molar-refractivity contribution in [3.63, 3.8) is 0 Å². The van der Waals surface area contributed by atoms with Gasteiger partial charge in [-0.1, -0.05) is 24.3 Å². The molecular formula is C20H24N4O2. The van der Waals surface area contributed by atoms with Crippen LogP contribution in [-0.2, 0) is 11.3 Å². The molecule has 2 N–H and O–H groups in total. The summed E-state index contributed by atoms with van der Waals surface area (Å²) in [5.41, 5.74) is 2.66. The van der Waals surface area contributed by atoms with E-state index in [2.05, 4.69) is 20.5 Å². The Bertz CT molecular complexity index is 778. The van der Waals surface area contributed by atoms with Gasteiger partial charge in [0.25, 0.3) is 5.91 Å². The lowest BCUT2D eigenvalue weighted by molar-refractivity contribution is -0.124. The van der Waals surface area contributed by atoms with Crippen LogP contribution in [0.4, 0.5) is 0 Å². The van der Waals surface area contributed by atoms with Crippen LogP contribution >= 0.6 is 0 Å². The number of carbonyl (C=O) groups excluding carboxylic acids is 2. The summed E-state index contributed by atoms with van der Waals surface area (Å²) in [7, 11) is 1.63. The Morgan fingerprint density at radius 2 is 2.00 bits per heavy atom. The zero-order valence-corrected chi connectivity index (χ0v) is 15.1. The molecule has 1 saturated heterocycles. The molecular weight excluding hydrogens is 328 g/mol. The second kappa shape index (κ2) is 8.10. The van der Waals surface area contributed by atoms with Crippen molar-refractivity contribution in [1.82, 2.24) is 20.5 Å². The molecule has 1 aliphatic rings.